The molecule has 2 aromatic rings. The van der Waals surface area contributed by atoms with Crippen LogP contribution in [0.4, 0.5) is 0 Å². The van der Waals surface area contributed by atoms with E-state index < -0.39 is 0 Å². The molecule has 0 bridgehead atoms. The zero-order valence-corrected chi connectivity index (χ0v) is 9.64. The minimum Gasteiger partial charge on any atom is -0.307 e. The van der Waals surface area contributed by atoms with Crippen LogP contribution < -0.4 is 5.32 Å². The number of nitrogens with one attached hydrogen (secondary N) is 1. The van der Waals surface area contributed by atoms with E-state index >= 15 is 0 Å². The highest BCUT2D eigenvalue weighted by Gasteiger charge is 2.24. The molecule has 1 aliphatic carbocycles. The maximum Gasteiger partial charge on any atom is 0.155 e. The number of aryl methyl sites for hydroxylation is 1. The summed E-state index contributed by atoms with van der Waals surface area (Å²) in [5, 5.41) is 7.87. The molecule has 1 atom stereocenters. The average molecular weight is 216 g/mol. The molecule has 16 heavy (non-hydrogen) atoms. The zero-order chi connectivity index (χ0) is 11.1. The molecule has 0 radical (unpaired) electrons. The van der Waals surface area contributed by atoms with Crippen LogP contribution in [0.3, 0.4) is 0 Å². The second kappa shape index (κ2) is 3.56. The molecule has 1 aliphatic rings. The highest BCUT2D eigenvalue weighted by atomic mass is 15.2. The topological polar surface area (TPSA) is 42.2 Å². The molecule has 2 aromatic heterocycles. The summed E-state index contributed by atoms with van der Waals surface area (Å²) in [6.07, 6.45) is 6.37. The highest BCUT2D eigenvalue weighted by Crippen LogP contribution is 2.25. The summed E-state index contributed by atoms with van der Waals surface area (Å²) in [5.74, 6) is 0. The van der Waals surface area contributed by atoms with Crippen molar-refractivity contribution >= 4 is 5.65 Å². The summed E-state index contributed by atoms with van der Waals surface area (Å²) in [5.41, 5.74) is 3.33. The van der Waals surface area contributed by atoms with E-state index in [0.717, 1.165) is 5.65 Å². The Labute approximate surface area is 94.7 Å². The van der Waals surface area contributed by atoms with E-state index in [-0.39, 0.29) is 0 Å². The summed E-state index contributed by atoms with van der Waals surface area (Å²) >= 11 is 0. The lowest BCUT2D eigenvalue weighted by molar-refractivity contribution is 0.562. The quantitative estimate of drug-likeness (QED) is 0.851. The number of aromatic nitrogens is 3. The van der Waals surface area contributed by atoms with Crippen molar-refractivity contribution in [1.82, 2.24) is 19.9 Å². The monoisotopic (exact) mass is 216 g/mol. The average Bonchev–Trinajstić information content (AvgIpc) is 2.94. The lowest BCUT2D eigenvalue weighted by Gasteiger charge is -2.16. The second-order valence-corrected chi connectivity index (χ2v) is 4.56. The molecule has 1 unspecified atom stereocenters. The predicted octanol–water partition coefficient (Wildman–Crippen LogP) is 1.85. The van der Waals surface area contributed by atoms with Crippen LogP contribution in [0.5, 0.6) is 0 Å². The van der Waals surface area contributed by atoms with E-state index in [0.29, 0.717) is 12.1 Å². The van der Waals surface area contributed by atoms with E-state index in [4.69, 9.17) is 0 Å². The van der Waals surface area contributed by atoms with Crippen LogP contribution >= 0.6 is 0 Å². The van der Waals surface area contributed by atoms with Gasteiger partial charge in [0, 0.05) is 35.6 Å². The van der Waals surface area contributed by atoms with Gasteiger partial charge in [-0.1, -0.05) is 0 Å². The Kier molecular flexibility index (Phi) is 2.17. The first-order valence-corrected chi connectivity index (χ1v) is 5.81. The van der Waals surface area contributed by atoms with Gasteiger partial charge in [0.1, 0.15) is 0 Å². The fraction of sp³-hybridized carbons (Fsp3) is 0.500. The third-order valence-electron chi connectivity index (χ3n) is 3.22. The van der Waals surface area contributed by atoms with Crippen molar-refractivity contribution < 1.29 is 0 Å². The van der Waals surface area contributed by atoms with Gasteiger partial charge < -0.3 is 5.32 Å². The van der Waals surface area contributed by atoms with Crippen molar-refractivity contribution in [2.75, 3.05) is 0 Å². The number of hydrogen-bond donors (Lipinski definition) is 1. The Morgan fingerprint density at radius 3 is 3.06 bits per heavy atom. The summed E-state index contributed by atoms with van der Waals surface area (Å²) in [6, 6.07) is 2.99. The Morgan fingerprint density at radius 2 is 2.31 bits per heavy atom. The van der Waals surface area contributed by atoms with E-state index in [2.05, 4.69) is 29.2 Å². The Morgan fingerprint density at radius 1 is 1.50 bits per heavy atom. The third-order valence-corrected chi connectivity index (χ3v) is 3.22. The van der Waals surface area contributed by atoms with Gasteiger partial charge in [0.05, 0.1) is 6.20 Å². The van der Waals surface area contributed by atoms with Gasteiger partial charge >= 0.3 is 0 Å². The van der Waals surface area contributed by atoms with Crippen LogP contribution in [-0.2, 0) is 0 Å². The molecule has 4 heteroatoms. The number of hydrogen-bond acceptors (Lipinski definition) is 3. The normalized spacial score (nSPS) is 17.9. The number of nitrogens with zero attached hydrogens (tertiary/aromatic N) is 3. The van der Waals surface area contributed by atoms with Crippen LogP contribution in [0.15, 0.2) is 18.5 Å². The molecule has 0 aromatic carbocycles. The van der Waals surface area contributed by atoms with E-state index in [1.54, 1.807) is 6.20 Å². The maximum absolute atomic E-state index is 4.41. The molecule has 0 amide bonds. The van der Waals surface area contributed by atoms with Gasteiger partial charge in [0.15, 0.2) is 5.65 Å². The fourth-order valence-electron chi connectivity index (χ4n) is 2.12. The van der Waals surface area contributed by atoms with Crippen LogP contribution in [0, 0.1) is 6.92 Å². The predicted molar refractivity (Wildman–Crippen MR) is 62.3 cm³/mol. The van der Waals surface area contributed by atoms with Crippen LogP contribution in [-0.4, -0.2) is 20.6 Å². The standard InChI is InChI=1S/C12H16N4/c1-8(15-10-3-4-10)11-7-13-12-5-6-14-16(12)9(11)2/h5-8,10,15H,3-4H2,1-2H3. The van der Waals surface area contributed by atoms with Gasteiger partial charge in [-0.3, -0.25) is 0 Å². The molecule has 3 rings (SSSR count). The zero-order valence-electron chi connectivity index (χ0n) is 9.64. The summed E-state index contributed by atoms with van der Waals surface area (Å²) in [6.45, 7) is 4.29. The third kappa shape index (κ3) is 1.59. The van der Waals surface area contributed by atoms with Gasteiger partial charge in [-0.15, -0.1) is 0 Å². The van der Waals surface area contributed by atoms with Crippen molar-refractivity contribution in [1.29, 1.82) is 0 Å². The van der Waals surface area contributed by atoms with Crippen molar-refractivity contribution in [2.24, 2.45) is 0 Å². The largest absolute Gasteiger partial charge is 0.307 e. The first-order valence-electron chi connectivity index (χ1n) is 5.81. The maximum atomic E-state index is 4.41. The van der Waals surface area contributed by atoms with Crippen LogP contribution in [0.25, 0.3) is 5.65 Å². The second-order valence-electron chi connectivity index (χ2n) is 4.56. The minimum absolute atomic E-state index is 0.355. The molecular weight excluding hydrogens is 200 g/mol. The molecule has 0 saturated heterocycles. The lowest BCUT2D eigenvalue weighted by Crippen LogP contribution is -2.22. The van der Waals surface area contributed by atoms with E-state index in [9.17, 15) is 0 Å². The van der Waals surface area contributed by atoms with E-state index in [1.165, 1.54) is 24.1 Å². The van der Waals surface area contributed by atoms with Crippen molar-refractivity contribution in [3.63, 3.8) is 0 Å². The van der Waals surface area contributed by atoms with Crippen molar-refractivity contribution in [2.45, 2.75) is 38.8 Å². The smallest absolute Gasteiger partial charge is 0.155 e. The highest BCUT2D eigenvalue weighted by molar-refractivity contribution is 5.39. The van der Waals surface area contributed by atoms with Crippen LogP contribution in [0.2, 0.25) is 0 Å². The van der Waals surface area contributed by atoms with Gasteiger partial charge in [0.2, 0.25) is 0 Å². The molecule has 84 valence electrons. The SMILES string of the molecule is Cc1c(C(C)NC2CC2)cnc2ccnn12. The molecule has 1 fully saturated rings. The molecule has 4 nitrogen and oxygen atoms in total. The van der Waals surface area contributed by atoms with Gasteiger partial charge in [-0.05, 0) is 26.7 Å². The summed E-state index contributed by atoms with van der Waals surface area (Å²) < 4.78 is 1.90. The minimum atomic E-state index is 0.355. The van der Waals surface area contributed by atoms with Crippen molar-refractivity contribution in [3.05, 3.63) is 29.7 Å². The molecule has 1 saturated carbocycles. The van der Waals surface area contributed by atoms with Crippen LogP contribution in [0.1, 0.15) is 37.1 Å². The molecular formula is C12H16N4. The Bertz CT molecular complexity index is 513. The van der Waals surface area contributed by atoms with Gasteiger partial charge in [-0.2, -0.15) is 5.10 Å². The van der Waals surface area contributed by atoms with Crippen molar-refractivity contribution in [3.8, 4) is 0 Å². The lowest BCUT2D eigenvalue weighted by atomic mass is 10.1. The summed E-state index contributed by atoms with van der Waals surface area (Å²) in [4.78, 5) is 4.41. The molecule has 0 spiro atoms. The Hall–Kier alpha value is -1.42. The van der Waals surface area contributed by atoms with Gasteiger partial charge in [0.25, 0.3) is 0 Å². The first-order chi connectivity index (χ1) is 7.75. The molecule has 2 heterocycles. The summed E-state index contributed by atoms with van der Waals surface area (Å²) in [7, 11) is 0. The molecule has 0 aliphatic heterocycles. The Balaban J connectivity index is 1.98. The number of rotatable bonds is 3. The number of fused-ring (bicyclic) bond motifs is 1. The fourth-order valence-corrected chi connectivity index (χ4v) is 2.12. The first kappa shape index (κ1) is 9.78. The van der Waals surface area contributed by atoms with E-state index in [1.807, 2.05) is 16.8 Å². The van der Waals surface area contributed by atoms with Gasteiger partial charge in [-0.25, -0.2) is 9.50 Å². The molecule has 1 N–H and O–H groups in total.